The van der Waals surface area contributed by atoms with E-state index < -0.39 is 23.1 Å². The molecule has 0 spiro atoms. The SMILES string of the molecule is O=C1Nc2ccccc2C1(c1ccc(O)cc1)c1cccc(C(F)(F)F)c1. The van der Waals surface area contributed by atoms with Crippen LogP contribution in [0, 0.1) is 0 Å². The minimum absolute atomic E-state index is 0.00429. The molecule has 0 saturated carbocycles. The molecule has 136 valence electrons. The highest BCUT2D eigenvalue weighted by Gasteiger charge is 2.50. The van der Waals surface area contributed by atoms with Crippen molar-refractivity contribution in [3.05, 3.63) is 95.1 Å². The second kappa shape index (κ2) is 5.87. The van der Waals surface area contributed by atoms with Gasteiger partial charge < -0.3 is 10.4 Å². The zero-order valence-corrected chi connectivity index (χ0v) is 13.9. The Hall–Kier alpha value is -3.28. The summed E-state index contributed by atoms with van der Waals surface area (Å²) < 4.78 is 39.9. The number of rotatable bonds is 2. The van der Waals surface area contributed by atoms with Gasteiger partial charge in [0.05, 0.1) is 5.56 Å². The Morgan fingerprint density at radius 1 is 0.852 bits per heavy atom. The van der Waals surface area contributed by atoms with E-state index in [2.05, 4.69) is 5.32 Å². The number of nitrogens with one attached hydrogen (secondary N) is 1. The Morgan fingerprint density at radius 2 is 1.56 bits per heavy atom. The molecular weight excluding hydrogens is 355 g/mol. The van der Waals surface area contributed by atoms with Crippen LogP contribution in [0.5, 0.6) is 5.75 Å². The number of fused-ring (bicyclic) bond motifs is 1. The number of carbonyl (C=O) groups is 1. The van der Waals surface area contributed by atoms with Crippen LogP contribution in [0.3, 0.4) is 0 Å². The average molecular weight is 369 g/mol. The highest BCUT2D eigenvalue weighted by molar-refractivity contribution is 6.11. The lowest BCUT2D eigenvalue weighted by Gasteiger charge is -2.29. The third kappa shape index (κ3) is 2.56. The first-order valence-corrected chi connectivity index (χ1v) is 8.21. The van der Waals surface area contributed by atoms with Gasteiger partial charge in [-0.15, -0.1) is 0 Å². The molecule has 0 fully saturated rings. The summed E-state index contributed by atoms with van der Waals surface area (Å²) >= 11 is 0. The van der Waals surface area contributed by atoms with E-state index >= 15 is 0 Å². The van der Waals surface area contributed by atoms with Crippen LogP contribution in [0.1, 0.15) is 22.3 Å². The van der Waals surface area contributed by atoms with Gasteiger partial charge in [0, 0.05) is 11.3 Å². The van der Waals surface area contributed by atoms with Gasteiger partial charge in [-0.05, 0) is 35.4 Å². The van der Waals surface area contributed by atoms with Crippen LogP contribution >= 0.6 is 0 Å². The van der Waals surface area contributed by atoms with Crippen molar-refractivity contribution in [3.63, 3.8) is 0 Å². The molecule has 1 unspecified atom stereocenters. The summed E-state index contributed by atoms with van der Waals surface area (Å²) in [5, 5.41) is 12.4. The molecule has 3 aromatic carbocycles. The number of amides is 1. The molecule has 1 atom stereocenters. The van der Waals surface area contributed by atoms with E-state index in [-0.39, 0.29) is 11.3 Å². The number of para-hydroxylation sites is 1. The third-order valence-electron chi connectivity index (χ3n) is 4.84. The molecule has 0 radical (unpaired) electrons. The number of halogens is 3. The number of carbonyl (C=O) groups excluding carboxylic acids is 1. The van der Waals surface area contributed by atoms with Crippen LogP contribution in [0.2, 0.25) is 0 Å². The molecule has 6 heteroatoms. The Morgan fingerprint density at radius 3 is 2.26 bits per heavy atom. The van der Waals surface area contributed by atoms with E-state index in [0.717, 1.165) is 12.1 Å². The van der Waals surface area contributed by atoms with Gasteiger partial charge in [-0.3, -0.25) is 4.79 Å². The normalized spacial score (nSPS) is 18.9. The van der Waals surface area contributed by atoms with E-state index in [4.69, 9.17) is 0 Å². The van der Waals surface area contributed by atoms with Crippen molar-refractivity contribution in [3.8, 4) is 5.75 Å². The summed E-state index contributed by atoms with van der Waals surface area (Å²) in [4.78, 5) is 13.1. The number of aromatic hydroxyl groups is 1. The largest absolute Gasteiger partial charge is 0.508 e. The maximum absolute atomic E-state index is 13.3. The number of phenols is 1. The van der Waals surface area contributed by atoms with Crippen LogP contribution in [-0.2, 0) is 16.4 Å². The fraction of sp³-hybridized carbons (Fsp3) is 0.0952. The fourth-order valence-electron chi connectivity index (χ4n) is 3.64. The second-order valence-electron chi connectivity index (χ2n) is 6.38. The van der Waals surface area contributed by atoms with Gasteiger partial charge in [0.2, 0.25) is 5.91 Å². The lowest BCUT2D eigenvalue weighted by molar-refractivity contribution is -0.137. The van der Waals surface area contributed by atoms with Crippen molar-refractivity contribution in [2.45, 2.75) is 11.6 Å². The zero-order valence-electron chi connectivity index (χ0n) is 13.9. The van der Waals surface area contributed by atoms with Crippen molar-refractivity contribution in [2.24, 2.45) is 0 Å². The predicted octanol–water partition coefficient (Wildman–Crippen LogP) is 4.70. The molecule has 2 N–H and O–H groups in total. The van der Waals surface area contributed by atoms with Gasteiger partial charge in [-0.1, -0.05) is 48.5 Å². The smallest absolute Gasteiger partial charge is 0.416 e. The molecular formula is C21H14F3NO2. The van der Waals surface area contributed by atoms with Crippen molar-refractivity contribution < 1.29 is 23.1 Å². The summed E-state index contributed by atoms with van der Waals surface area (Å²) in [6, 6.07) is 17.7. The van der Waals surface area contributed by atoms with Gasteiger partial charge in [-0.25, -0.2) is 0 Å². The van der Waals surface area contributed by atoms with Gasteiger partial charge >= 0.3 is 6.18 Å². The van der Waals surface area contributed by atoms with Crippen molar-refractivity contribution in [2.75, 3.05) is 5.32 Å². The monoisotopic (exact) mass is 369 g/mol. The van der Waals surface area contributed by atoms with Crippen LogP contribution in [0.4, 0.5) is 18.9 Å². The van der Waals surface area contributed by atoms with Crippen LogP contribution in [0.25, 0.3) is 0 Å². The first-order chi connectivity index (χ1) is 12.8. The quantitative estimate of drug-likeness (QED) is 0.688. The van der Waals surface area contributed by atoms with Gasteiger partial charge in [0.15, 0.2) is 0 Å². The van der Waals surface area contributed by atoms with Crippen LogP contribution in [0.15, 0.2) is 72.8 Å². The molecule has 1 aliphatic rings. The summed E-state index contributed by atoms with van der Waals surface area (Å²) in [5.74, 6) is -0.432. The number of hydrogen-bond acceptors (Lipinski definition) is 2. The molecule has 4 rings (SSSR count). The Balaban J connectivity index is 2.05. The van der Waals surface area contributed by atoms with Gasteiger partial charge in [0.1, 0.15) is 11.2 Å². The fourth-order valence-corrected chi connectivity index (χ4v) is 3.64. The first-order valence-electron chi connectivity index (χ1n) is 8.21. The lowest BCUT2D eigenvalue weighted by Crippen LogP contribution is -2.37. The van der Waals surface area contributed by atoms with Gasteiger partial charge in [0.25, 0.3) is 0 Å². The number of anilines is 1. The van der Waals surface area contributed by atoms with E-state index in [1.54, 1.807) is 36.4 Å². The number of phenolic OH excluding ortho intramolecular Hbond substituents is 1. The zero-order chi connectivity index (χ0) is 19.2. The molecule has 1 heterocycles. The maximum atomic E-state index is 13.3. The van der Waals surface area contributed by atoms with E-state index in [1.165, 1.54) is 24.3 Å². The number of hydrogen-bond donors (Lipinski definition) is 2. The summed E-state index contributed by atoms with van der Waals surface area (Å²) in [6.07, 6.45) is -4.53. The molecule has 3 nitrogen and oxygen atoms in total. The maximum Gasteiger partial charge on any atom is 0.416 e. The number of alkyl halides is 3. The molecule has 1 aliphatic heterocycles. The second-order valence-corrected chi connectivity index (χ2v) is 6.38. The lowest BCUT2D eigenvalue weighted by atomic mass is 9.70. The summed E-state index contributed by atoms with van der Waals surface area (Å²) in [6.45, 7) is 0. The summed E-state index contributed by atoms with van der Waals surface area (Å²) in [5.41, 5.74) is -0.457. The Kier molecular flexibility index (Phi) is 3.73. The van der Waals surface area contributed by atoms with Crippen molar-refractivity contribution >= 4 is 11.6 Å². The van der Waals surface area contributed by atoms with Crippen molar-refractivity contribution in [1.29, 1.82) is 0 Å². The van der Waals surface area contributed by atoms with E-state index in [9.17, 15) is 23.1 Å². The molecule has 0 aliphatic carbocycles. The minimum Gasteiger partial charge on any atom is -0.508 e. The van der Waals surface area contributed by atoms with E-state index in [0.29, 0.717) is 16.8 Å². The number of benzene rings is 3. The Labute approximate surface area is 153 Å². The molecule has 0 bridgehead atoms. The topological polar surface area (TPSA) is 49.3 Å². The molecule has 3 aromatic rings. The summed E-state index contributed by atoms with van der Waals surface area (Å²) in [7, 11) is 0. The van der Waals surface area contributed by atoms with Crippen LogP contribution < -0.4 is 5.32 Å². The Bertz CT molecular complexity index is 1030. The highest BCUT2D eigenvalue weighted by Crippen LogP contribution is 2.48. The minimum atomic E-state index is -4.53. The molecule has 1 amide bonds. The van der Waals surface area contributed by atoms with Crippen molar-refractivity contribution in [1.82, 2.24) is 0 Å². The highest BCUT2D eigenvalue weighted by atomic mass is 19.4. The molecule has 0 saturated heterocycles. The average Bonchev–Trinajstić information content (AvgIpc) is 2.94. The van der Waals surface area contributed by atoms with Gasteiger partial charge in [-0.2, -0.15) is 13.2 Å². The standard InChI is InChI=1S/C21H14F3NO2/c22-21(23,24)15-5-3-4-14(12-15)20(13-8-10-16(26)11-9-13)17-6-1-2-7-18(17)25-19(20)27/h1-12,26H,(H,25,27). The third-order valence-corrected chi connectivity index (χ3v) is 4.84. The first kappa shape index (κ1) is 17.1. The van der Waals surface area contributed by atoms with Crippen LogP contribution in [-0.4, -0.2) is 11.0 Å². The molecule has 27 heavy (non-hydrogen) atoms. The predicted molar refractivity (Wildman–Crippen MR) is 94.5 cm³/mol. The van der Waals surface area contributed by atoms with E-state index in [1.807, 2.05) is 0 Å². The molecule has 0 aromatic heterocycles.